The summed E-state index contributed by atoms with van der Waals surface area (Å²) >= 11 is 5.90. The van der Waals surface area contributed by atoms with Crippen molar-refractivity contribution in [2.24, 2.45) is 0 Å². The molecule has 0 atom stereocenters. The molecule has 0 unspecified atom stereocenters. The van der Waals surface area contributed by atoms with Crippen LogP contribution in [0, 0.1) is 21.4 Å². The first-order valence-electron chi connectivity index (χ1n) is 6.16. The lowest BCUT2D eigenvalue weighted by Gasteiger charge is -2.07. The number of nitro groups is 1. The van der Waals surface area contributed by atoms with Crippen molar-refractivity contribution < 1.29 is 9.66 Å². The molecule has 0 saturated heterocycles. The van der Waals surface area contributed by atoms with Gasteiger partial charge in [-0.3, -0.25) is 10.1 Å². The topological polar surface area (TPSA) is 76.2 Å². The minimum absolute atomic E-state index is 0.0824. The summed E-state index contributed by atoms with van der Waals surface area (Å²) < 4.78 is 5.51. The van der Waals surface area contributed by atoms with E-state index in [1.165, 1.54) is 6.07 Å². The van der Waals surface area contributed by atoms with E-state index in [0.717, 1.165) is 0 Å². The van der Waals surface area contributed by atoms with Crippen molar-refractivity contribution >= 4 is 17.3 Å². The molecule has 0 radical (unpaired) electrons. The van der Waals surface area contributed by atoms with Crippen molar-refractivity contribution in [1.29, 1.82) is 5.26 Å². The maximum Gasteiger partial charge on any atom is 0.272 e. The highest BCUT2D eigenvalue weighted by Crippen LogP contribution is 2.23. The van der Waals surface area contributed by atoms with Crippen molar-refractivity contribution in [3.63, 3.8) is 0 Å². The van der Waals surface area contributed by atoms with Crippen molar-refractivity contribution in [3.8, 4) is 11.8 Å². The Bertz CT molecular complexity index is 710. The standard InChI is InChI=1S/C15H11ClN2O3/c16-14-9-13(6-5-12(14)10-17)21-8-7-11-3-1-2-4-15(11)18(19)20/h1-6,9H,7-8H2. The highest BCUT2D eigenvalue weighted by Gasteiger charge is 2.12. The van der Waals surface area contributed by atoms with Crippen LogP contribution >= 0.6 is 11.6 Å². The SMILES string of the molecule is N#Cc1ccc(OCCc2ccccc2[N+](=O)[O-])cc1Cl. The Morgan fingerprint density at radius 2 is 2.05 bits per heavy atom. The predicted octanol–water partition coefficient (Wildman–Crippen LogP) is 3.74. The highest BCUT2D eigenvalue weighted by atomic mass is 35.5. The molecule has 0 saturated carbocycles. The molecule has 0 aliphatic heterocycles. The molecular weight excluding hydrogens is 292 g/mol. The van der Waals surface area contributed by atoms with Gasteiger partial charge < -0.3 is 4.74 Å². The maximum absolute atomic E-state index is 10.9. The van der Waals surface area contributed by atoms with Crippen molar-refractivity contribution in [3.05, 3.63) is 68.7 Å². The Balaban J connectivity index is 2.01. The molecule has 5 nitrogen and oxygen atoms in total. The molecule has 0 aliphatic rings. The van der Waals surface area contributed by atoms with Crippen LogP contribution < -0.4 is 4.74 Å². The van der Waals surface area contributed by atoms with Gasteiger partial charge in [-0.25, -0.2) is 0 Å². The van der Waals surface area contributed by atoms with Gasteiger partial charge in [0.25, 0.3) is 5.69 Å². The van der Waals surface area contributed by atoms with E-state index >= 15 is 0 Å². The van der Waals surface area contributed by atoms with E-state index in [4.69, 9.17) is 21.6 Å². The molecule has 0 N–H and O–H groups in total. The fraction of sp³-hybridized carbons (Fsp3) is 0.133. The van der Waals surface area contributed by atoms with Crippen LogP contribution in [0.15, 0.2) is 42.5 Å². The average Bonchev–Trinajstić information content (AvgIpc) is 2.48. The lowest BCUT2D eigenvalue weighted by Crippen LogP contribution is -2.04. The number of nitro benzene ring substituents is 1. The number of ether oxygens (including phenoxy) is 1. The van der Waals surface area contributed by atoms with Crippen LogP contribution in [0.3, 0.4) is 0 Å². The van der Waals surface area contributed by atoms with Crippen molar-refractivity contribution in [2.75, 3.05) is 6.61 Å². The van der Waals surface area contributed by atoms with Crippen molar-refractivity contribution in [1.82, 2.24) is 0 Å². The third-order valence-electron chi connectivity index (χ3n) is 2.89. The van der Waals surface area contributed by atoms with Gasteiger partial charge in [0.05, 0.1) is 22.1 Å². The first-order chi connectivity index (χ1) is 10.1. The zero-order valence-electron chi connectivity index (χ0n) is 11.0. The van der Waals surface area contributed by atoms with Gasteiger partial charge in [0, 0.05) is 24.1 Å². The van der Waals surface area contributed by atoms with E-state index in [1.54, 1.807) is 36.4 Å². The monoisotopic (exact) mass is 302 g/mol. The number of rotatable bonds is 5. The average molecular weight is 303 g/mol. The molecule has 2 aromatic carbocycles. The number of benzene rings is 2. The summed E-state index contributed by atoms with van der Waals surface area (Å²) in [6, 6.07) is 13.3. The van der Waals surface area contributed by atoms with Gasteiger partial charge in [0.2, 0.25) is 0 Å². The molecule has 6 heteroatoms. The Labute approximate surface area is 126 Å². The van der Waals surface area contributed by atoms with Gasteiger partial charge in [0.15, 0.2) is 0 Å². The van der Waals surface area contributed by atoms with E-state index in [1.807, 2.05) is 6.07 Å². The summed E-state index contributed by atoms with van der Waals surface area (Å²) in [5.41, 5.74) is 1.07. The number of halogens is 1. The van der Waals surface area contributed by atoms with Crippen LogP contribution in [0.25, 0.3) is 0 Å². The number of nitriles is 1. The molecule has 2 aromatic rings. The predicted molar refractivity (Wildman–Crippen MR) is 78.5 cm³/mol. The molecule has 21 heavy (non-hydrogen) atoms. The Morgan fingerprint density at radius 3 is 2.71 bits per heavy atom. The third kappa shape index (κ3) is 3.71. The Kier molecular flexibility index (Phi) is 4.75. The Morgan fingerprint density at radius 1 is 1.29 bits per heavy atom. The highest BCUT2D eigenvalue weighted by molar-refractivity contribution is 6.31. The first kappa shape index (κ1) is 14.8. The smallest absolute Gasteiger partial charge is 0.272 e. The fourth-order valence-corrected chi connectivity index (χ4v) is 2.07. The molecule has 0 bridgehead atoms. The second-order valence-electron chi connectivity index (χ2n) is 4.24. The number of hydrogen-bond acceptors (Lipinski definition) is 4. The molecule has 2 rings (SSSR count). The summed E-state index contributed by atoms with van der Waals surface area (Å²) in [4.78, 5) is 10.5. The van der Waals surface area contributed by atoms with Crippen molar-refractivity contribution in [2.45, 2.75) is 6.42 Å². The zero-order chi connectivity index (χ0) is 15.2. The van der Waals surface area contributed by atoms with E-state index in [9.17, 15) is 10.1 Å². The van der Waals surface area contributed by atoms with Crippen LogP contribution in [0.1, 0.15) is 11.1 Å². The van der Waals surface area contributed by atoms with E-state index in [0.29, 0.717) is 28.3 Å². The van der Waals surface area contributed by atoms with E-state index in [2.05, 4.69) is 0 Å². The van der Waals surface area contributed by atoms with Gasteiger partial charge in [-0.1, -0.05) is 29.8 Å². The largest absolute Gasteiger partial charge is 0.493 e. The molecule has 0 spiro atoms. The van der Waals surface area contributed by atoms with Crippen LogP contribution in [-0.2, 0) is 6.42 Å². The van der Waals surface area contributed by atoms with Crippen LogP contribution in [0.2, 0.25) is 5.02 Å². The minimum atomic E-state index is -0.409. The van der Waals surface area contributed by atoms with Gasteiger partial charge in [-0.2, -0.15) is 5.26 Å². The zero-order valence-corrected chi connectivity index (χ0v) is 11.7. The molecule has 0 fully saturated rings. The van der Waals surface area contributed by atoms with Gasteiger partial charge >= 0.3 is 0 Å². The summed E-state index contributed by atoms with van der Waals surface area (Å²) in [5, 5.41) is 20.0. The lowest BCUT2D eigenvalue weighted by molar-refractivity contribution is -0.385. The first-order valence-corrected chi connectivity index (χ1v) is 6.54. The number of para-hydroxylation sites is 1. The summed E-state index contributed by atoms with van der Waals surface area (Å²) in [5.74, 6) is 0.526. The summed E-state index contributed by atoms with van der Waals surface area (Å²) in [6.45, 7) is 0.285. The Hall–Kier alpha value is -2.58. The van der Waals surface area contributed by atoms with Crippen LogP contribution in [0.5, 0.6) is 5.75 Å². The normalized spacial score (nSPS) is 9.90. The molecule has 106 valence electrons. The molecular formula is C15H11ClN2O3. The van der Waals surface area contributed by atoms with Gasteiger partial charge in [-0.15, -0.1) is 0 Å². The molecule has 0 aromatic heterocycles. The molecule has 0 amide bonds. The van der Waals surface area contributed by atoms with Crippen LogP contribution in [-0.4, -0.2) is 11.5 Å². The third-order valence-corrected chi connectivity index (χ3v) is 3.20. The van der Waals surface area contributed by atoms with Gasteiger partial charge in [-0.05, 0) is 12.1 Å². The summed E-state index contributed by atoms with van der Waals surface area (Å²) in [7, 11) is 0. The van der Waals surface area contributed by atoms with E-state index < -0.39 is 4.92 Å². The van der Waals surface area contributed by atoms with E-state index in [-0.39, 0.29) is 12.3 Å². The number of hydrogen-bond donors (Lipinski definition) is 0. The number of nitrogens with zero attached hydrogens (tertiary/aromatic N) is 2. The minimum Gasteiger partial charge on any atom is -0.493 e. The molecule has 0 aliphatic carbocycles. The maximum atomic E-state index is 10.9. The lowest BCUT2D eigenvalue weighted by atomic mass is 10.1. The molecule has 0 heterocycles. The second kappa shape index (κ2) is 6.73. The fourth-order valence-electron chi connectivity index (χ4n) is 1.86. The van der Waals surface area contributed by atoms with Crippen LogP contribution in [0.4, 0.5) is 5.69 Å². The summed E-state index contributed by atoms with van der Waals surface area (Å²) in [6.07, 6.45) is 0.411. The quantitative estimate of drug-likeness (QED) is 0.622. The second-order valence-corrected chi connectivity index (χ2v) is 4.64. The van der Waals surface area contributed by atoms with Gasteiger partial charge in [0.1, 0.15) is 11.8 Å².